The van der Waals surface area contributed by atoms with Crippen LogP contribution in [0.5, 0.6) is 0 Å². The quantitative estimate of drug-likeness (QED) is 0.922. The number of hydrogen-bond donors (Lipinski definition) is 1. The SMILES string of the molecule is CCn1c(C2CCNCC2)nc2cc(Br)ccc21. The molecular weight excluding hydrogens is 290 g/mol. The third-order valence-corrected chi connectivity index (χ3v) is 4.25. The molecule has 3 nitrogen and oxygen atoms in total. The van der Waals surface area contributed by atoms with Crippen LogP contribution < -0.4 is 5.32 Å². The van der Waals surface area contributed by atoms with Crippen molar-refractivity contribution in [1.29, 1.82) is 0 Å². The second-order valence-corrected chi connectivity index (χ2v) is 5.79. The molecule has 3 rings (SSSR count). The summed E-state index contributed by atoms with van der Waals surface area (Å²) in [7, 11) is 0. The lowest BCUT2D eigenvalue weighted by atomic mass is 9.97. The number of nitrogens with one attached hydrogen (secondary N) is 1. The second-order valence-electron chi connectivity index (χ2n) is 4.87. The number of nitrogens with zero attached hydrogens (tertiary/aromatic N) is 2. The number of aryl methyl sites for hydroxylation is 1. The van der Waals surface area contributed by atoms with E-state index < -0.39 is 0 Å². The Morgan fingerprint density at radius 1 is 1.39 bits per heavy atom. The summed E-state index contributed by atoms with van der Waals surface area (Å²) in [5.74, 6) is 1.88. The molecule has 0 unspecified atom stereocenters. The Hall–Kier alpha value is -0.870. The van der Waals surface area contributed by atoms with Gasteiger partial charge in [-0.1, -0.05) is 15.9 Å². The molecule has 1 aromatic heterocycles. The van der Waals surface area contributed by atoms with Crippen molar-refractivity contribution >= 4 is 27.0 Å². The van der Waals surface area contributed by atoms with E-state index in [2.05, 4.69) is 50.9 Å². The summed E-state index contributed by atoms with van der Waals surface area (Å²) in [4.78, 5) is 4.87. The van der Waals surface area contributed by atoms with Gasteiger partial charge in [-0.15, -0.1) is 0 Å². The van der Waals surface area contributed by atoms with Crippen LogP contribution in [0.3, 0.4) is 0 Å². The fraction of sp³-hybridized carbons (Fsp3) is 0.500. The van der Waals surface area contributed by atoms with E-state index >= 15 is 0 Å². The minimum absolute atomic E-state index is 0.609. The maximum absolute atomic E-state index is 4.87. The van der Waals surface area contributed by atoms with Gasteiger partial charge < -0.3 is 9.88 Å². The molecule has 1 N–H and O–H groups in total. The van der Waals surface area contributed by atoms with Crippen LogP contribution >= 0.6 is 15.9 Å². The summed E-state index contributed by atoms with van der Waals surface area (Å²) >= 11 is 3.52. The zero-order valence-electron chi connectivity index (χ0n) is 10.6. The van der Waals surface area contributed by atoms with Gasteiger partial charge in [0.2, 0.25) is 0 Å². The minimum Gasteiger partial charge on any atom is -0.328 e. The molecule has 0 amide bonds. The molecule has 2 heterocycles. The predicted molar refractivity (Wildman–Crippen MR) is 78.0 cm³/mol. The molecule has 0 bridgehead atoms. The van der Waals surface area contributed by atoms with Crippen molar-refractivity contribution in [3.05, 3.63) is 28.5 Å². The Morgan fingerprint density at radius 2 is 2.17 bits per heavy atom. The van der Waals surface area contributed by atoms with Crippen LogP contribution in [0.15, 0.2) is 22.7 Å². The monoisotopic (exact) mass is 307 g/mol. The van der Waals surface area contributed by atoms with Gasteiger partial charge in [0.1, 0.15) is 5.82 Å². The first-order valence-electron chi connectivity index (χ1n) is 6.66. The van der Waals surface area contributed by atoms with Crippen molar-refractivity contribution < 1.29 is 0 Å². The van der Waals surface area contributed by atoms with Crippen molar-refractivity contribution in [3.8, 4) is 0 Å². The number of fused-ring (bicyclic) bond motifs is 1. The van der Waals surface area contributed by atoms with Crippen LogP contribution in [0.25, 0.3) is 11.0 Å². The Balaban J connectivity index is 2.09. The highest BCUT2D eigenvalue weighted by molar-refractivity contribution is 9.10. The average Bonchev–Trinajstić information content (AvgIpc) is 2.77. The lowest BCUT2D eigenvalue weighted by Gasteiger charge is -2.22. The average molecular weight is 308 g/mol. The van der Waals surface area contributed by atoms with Crippen LogP contribution in [0.2, 0.25) is 0 Å². The summed E-state index contributed by atoms with van der Waals surface area (Å²) in [6, 6.07) is 6.38. The molecule has 1 aliphatic rings. The molecule has 0 atom stereocenters. The van der Waals surface area contributed by atoms with Gasteiger partial charge >= 0.3 is 0 Å². The molecule has 0 spiro atoms. The van der Waals surface area contributed by atoms with Crippen LogP contribution in [-0.4, -0.2) is 22.6 Å². The molecule has 0 saturated carbocycles. The molecule has 0 aliphatic carbocycles. The van der Waals surface area contributed by atoms with E-state index in [9.17, 15) is 0 Å². The third kappa shape index (κ3) is 2.08. The number of benzene rings is 1. The predicted octanol–water partition coefficient (Wildman–Crippen LogP) is 3.29. The van der Waals surface area contributed by atoms with Crippen molar-refractivity contribution in [2.45, 2.75) is 32.2 Å². The molecular formula is C14H18BrN3. The smallest absolute Gasteiger partial charge is 0.113 e. The van der Waals surface area contributed by atoms with Crippen molar-refractivity contribution in [2.24, 2.45) is 0 Å². The normalized spacial score (nSPS) is 17.4. The fourth-order valence-electron chi connectivity index (χ4n) is 2.85. The molecule has 1 saturated heterocycles. The topological polar surface area (TPSA) is 29.9 Å². The maximum Gasteiger partial charge on any atom is 0.113 e. The minimum atomic E-state index is 0.609. The summed E-state index contributed by atoms with van der Waals surface area (Å²) < 4.78 is 3.48. The molecule has 2 aromatic rings. The molecule has 1 aromatic carbocycles. The van der Waals surface area contributed by atoms with Gasteiger partial charge in [0.15, 0.2) is 0 Å². The van der Waals surface area contributed by atoms with Crippen molar-refractivity contribution in [3.63, 3.8) is 0 Å². The highest BCUT2D eigenvalue weighted by Gasteiger charge is 2.21. The van der Waals surface area contributed by atoms with Gasteiger partial charge in [-0.05, 0) is 51.1 Å². The van der Waals surface area contributed by atoms with Gasteiger partial charge in [-0.25, -0.2) is 4.98 Å². The molecule has 96 valence electrons. The first-order chi connectivity index (χ1) is 8.79. The number of rotatable bonds is 2. The first-order valence-corrected chi connectivity index (χ1v) is 7.45. The number of imidazole rings is 1. The van der Waals surface area contributed by atoms with Gasteiger partial charge in [0.05, 0.1) is 11.0 Å². The number of aromatic nitrogens is 2. The van der Waals surface area contributed by atoms with E-state index in [0.29, 0.717) is 5.92 Å². The van der Waals surface area contributed by atoms with E-state index in [0.717, 1.165) is 29.6 Å². The lowest BCUT2D eigenvalue weighted by Crippen LogP contribution is -2.28. The Bertz CT molecular complexity index is 555. The van der Waals surface area contributed by atoms with Crippen LogP contribution in [0.4, 0.5) is 0 Å². The van der Waals surface area contributed by atoms with E-state index in [4.69, 9.17) is 4.98 Å². The van der Waals surface area contributed by atoms with Gasteiger partial charge in [-0.2, -0.15) is 0 Å². The summed E-state index contributed by atoms with van der Waals surface area (Å²) in [5, 5.41) is 3.42. The fourth-order valence-corrected chi connectivity index (χ4v) is 3.19. The van der Waals surface area contributed by atoms with Gasteiger partial charge in [0.25, 0.3) is 0 Å². The van der Waals surface area contributed by atoms with E-state index in [1.807, 2.05) is 0 Å². The summed E-state index contributed by atoms with van der Waals surface area (Å²) in [5.41, 5.74) is 2.37. The van der Waals surface area contributed by atoms with Crippen molar-refractivity contribution in [2.75, 3.05) is 13.1 Å². The highest BCUT2D eigenvalue weighted by Crippen LogP contribution is 2.29. The number of piperidine rings is 1. The molecule has 1 fully saturated rings. The molecule has 1 aliphatic heterocycles. The zero-order chi connectivity index (χ0) is 12.5. The van der Waals surface area contributed by atoms with Crippen molar-refractivity contribution in [1.82, 2.24) is 14.9 Å². The molecule has 4 heteroatoms. The Morgan fingerprint density at radius 3 is 2.89 bits per heavy atom. The standard InChI is InChI=1S/C14H18BrN3/c1-2-18-13-4-3-11(15)9-12(13)17-14(18)10-5-7-16-8-6-10/h3-4,9-10,16H,2,5-8H2,1H3. The number of halogens is 1. The zero-order valence-corrected chi connectivity index (χ0v) is 12.2. The Labute approximate surface area is 116 Å². The van der Waals surface area contributed by atoms with Crippen LogP contribution in [0, 0.1) is 0 Å². The summed E-state index contributed by atoms with van der Waals surface area (Å²) in [6.07, 6.45) is 2.40. The van der Waals surface area contributed by atoms with E-state index in [1.165, 1.54) is 24.2 Å². The summed E-state index contributed by atoms with van der Waals surface area (Å²) in [6.45, 7) is 5.42. The lowest BCUT2D eigenvalue weighted by molar-refractivity contribution is 0.434. The molecule has 0 radical (unpaired) electrons. The highest BCUT2D eigenvalue weighted by atomic mass is 79.9. The van der Waals surface area contributed by atoms with E-state index in [-0.39, 0.29) is 0 Å². The van der Waals surface area contributed by atoms with Gasteiger partial charge in [-0.3, -0.25) is 0 Å². The number of hydrogen-bond acceptors (Lipinski definition) is 2. The van der Waals surface area contributed by atoms with E-state index in [1.54, 1.807) is 0 Å². The largest absolute Gasteiger partial charge is 0.328 e. The Kier molecular flexibility index (Phi) is 3.39. The van der Waals surface area contributed by atoms with Crippen LogP contribution in [-0.2, 0) is 6.54 Å². The second kappa shape index (κ2) is 5.02. The third-order valence-electron chi connectivity index (χ3n) is 3.76. The van der Waals surface area contributed by atoms with Crippen LogP contribution in [0.1, 0.15) is 31.5 Å². The molecule has 18 heavy (non-hydrogen) atoms. The van der Waals surface area contributed by atoms with Gasteiger partial charge in [0, 0.05) is 16.9 Å². The maximum atomic E-state index is 4.87. The first kappa shape index (κ1) is 12.2.